The molecule has 1 atom stereocenters. The zero-order valence-electron chi connectivity index (χ0n) is 8.21. The van der Waals surface area contributed by atoms with E-state index in [1.807, 2.05) is 4.72 Å². The van der Waals surface area contributed by atoms with Crippen LogP contribution in [0.5, 0.6) is 0 Å². The lowest BCUT2D eigenvalue weighted by molar-refractivity contribution is -0.138. The first-order valence-corrected chi connectivity index (χ1v) is 6.47. The van der Waals surface area contributed by atoms with E-state index in [0.29, 0.717) is 4.47 Å². The molecule has 16 heavy (non-hydrogen) atoms. The maximum Gasteiger partial charge on any atom is 0.321 e. The Hall–Kier alpha value is -0.990. The van der Waals surface area contributed by atoms with E-state index in [-0.39, 0.29) is 5.03 Å². The number of carbonyl (C=O) groups is 1. The van der Waals surface area contributed by atoms with Gasteiger partial charge in [-0.2, -0.15) is 4.72 Å². The Morgan fingerprint density at radius 1 is 1.56 bits per heavy atom. The van der Waals surface area contributed by atoms with Crippen LogP contribution in [0.1, 0.15) is 6.92 Å². The third-order valence-electron chi connectivity index (χ3n) is 1.68. The molecule has 0 radical (unpaired) electrons. The number of halogens is 1. The number of hydrogen-bond donors (Lipinski definition) is 2. The van der Waals surface area contributed by atoms with E-state index >= 15 is 0 Å². The summed E-state index contributed by atoms with van der Waals surface area (Å²) in [5.41, 5.74) is 0. The highest BCUT2D eigenvalue weighted by Crippen LogP contribution is 2.11. The van der Waals surface area contributed by atoms with Gasteiger partial charge in [0.2, 0.25) is 0 Å². The van der Waals surface area contributed by atoms with Gasteiger partial charge >= 0.3 is 5.97 Å². The number of rotatable bonds is 4. The van der Waals surface area contributed by atoms with E-state index in [2.05, 4.69) is 20.9 Å². The zero-order valence-corrected chi connectivity index (χ0v) is 10.6. The molecule has 1 rings (SSSR count). The Kier molecular flexibility index (Phi) is 4.00. The van der Waals surface area contributed by atoms with E-state index in [9.17, 15) is 13.2 Å². The van der Waals surface area contributed by atoms with Crippen LogP contribution in [-0.2, 0) is 14.8 Å². The highest BCUT2D eigenvalue weighted by atomic mass is 79.9. The lowest BCUT2D eigenvalue weighted by atomic mass is 10.4. The summed E-state index contributed by atoms with van der Waals surface area (Å²) in [6.07, 6.45) is 1.32. The maximum atomic E-state index is 11.6. The Balaban J connectivity index is 2.94. The summed E-state index contributed by atoms with van der Waals surface area (Å²) < 4.78 is 25.8. The predicted molar refractivity (Wildman–Crippen MR) is 59.4 cm³/mol. The first-order valence-electron chi connectivity index (χ1n) is 4.19. The van der Waals surface area contributed by atoms with Crippen LogP contribution in [0.4, 0.5) is 0 Å². The average Bonchev–Trinajstić information content (AvgIpc) is 2.17. The van der Waals surface area contributed by atoms with Crippen LogP contribution in [0.3, 0.4) is 0 Å². The molecule has 8 heteroatoms. The van der Waals surface area contributed by atoms with E-state index in [1.54, 1.807) is 0 Å². The van der Waals surface area contributed by atoms with E-state index in [0.717, 1.165) is 0 Å². The van der Waals surface area contributed by atoms with Gasteiger partial charge < -0.3 is 5.11 Å². The quantitative estimate of drug-likeness (QED) is 0.849. The lowest BCUT2D eigenvalue weighted by Gasteiger charge is -2.09. The van der Waals surface area contributed by atoms with Crippen molar-refractivity contribution >= 4 is 31.9 Å². The van der Waals surface area contributed by atoms with Crippen LogP contribution in [0.15, 0.2) is 27.8 Å². The number of carboxylic acids is 1. The van der Waals surface area contributed by atoms with Crippen LogP contribution < -0.4 is 4.72 Å². The van der Waals surface area contributed by atoms with Crippen LogP contribution >= 0.6 is 15.9 Å². The third-order valence-corrected chi connectivity index (χ3v) is 3.60. The SMILES string of the molecule is CC(NS(=O)(=O)c1ccc(Br)cn1)C(=O)O. The molecular formula is C8H9BrN2O4S. The summed E-state index contributed by atoms with van der Waals surface area (Å²) in [6, 6.07) is 1.59. The molecule has 6 nitrogen and oxygen atoms in total. The molecule has 0 bridgehead atoms. The fourth-order valence-electron chi connectivity index (χ4n) is 0.865. The van der Waals surface area contributed by atoms with E-state index in [4.69, 9.17) is 5.11 Å². The number of aromatic nitrogens is 1. The van der Waals surface area contributed by atoms with Gasteiger partial charge in [-0.15, -0.1) is 0 Å². The minimum atomic E-state index is -3.88. The van der Waals surface area contributed by atoms with Crippen molar-refractivity contribution < 1.29 is 18.3 Å². The van der Waals surface area contributed by atoms with Gasteiger partial charge in [-0.1, -0.05) is 0 Å². The normalized spacial score (nSPS) is 13.4. The smallest absolute Gasteiger partial charge is 0.321 e. The molecular weight excluding hydrogens is 300 g/mol. The van der Waals surface area contributed by atoms with Crippen LogP contribution in [0.2, 0.25) is 0 Å². The summed E-state index contributed by atoms with van der Waals surface area (Å²) in [5.74, 6) is -1.25. The van der Waals surface area contributed by atoms with Crippen LogP contribution in [0, 0.1) is 0 Å². The van der Waals surface area contributed by atoms with Gasteiger partial charge in [0.05, 0.1) is 0 Å². The van der Waals surface area contributed by atoms with Gasteiger partial charge in [-0.3, -0.25) is 4.79 Å². The van der Waals surface area contributed by atoms with Crippen molar-refractivity contribution in [2.75, 3.05) is 0 Å². The Bertz CT molecular complexity index is 485. The lowest BCUT2D eigenvalue weighted by Crippen LogP contribution is -2.38. The van der Waals surface area contributed by atoms with Gasteiger partial charge in [0.1, 0.15) is 6.04 Å². The minimum absolute atomic E-state index is 0.219. The van der Waals surface area contributed by atoms with Gasteiger partial charge in [0.25, 0.3) is 10.0 Å². The predicted octanol–water partition coefficient (Wildman–Crippen LogP) is 0.596. The molecule has 1 heterocycles. The molecule has 2 N–H and O–H groups in total. The second kappa shape index (κ2) is 4.89. The van der Waals surface area contributed by atoms with Crippen molar-refractivity contribution in [1.29, 1.82) is 0 Å². The van der Waals surface area contributed by atoms with Gasteiger partial charge in [-0.05, 0) is 35.0 Å². The van der Waals surface area contributed by atoms with Crippen LogP contribution in [0.25, 0.3) is 0 Å². The fourth-order valence-corrected chi connectivity index (χ4v) is 2.22. The highest BCUT2D eigenvalue weighted by molar-refractivity contribution is 9.10. The van der Waals surface area contributed by atoms with Crippen molar-refractivity contribution in [2.45, 2.75) is 18.0 Å². The molecule has 1 aromatic heterocycles. The number of sulfonamides is 1. The number of nitrogens with one attached hydrogen (secondary N) is 1. The maximum absolute atomic E-state index is 11.6. The standard InChI is InChI=1S/C8H9BrN2O4S/c1-5(8(12)13)11-16(14,15)7-3-2-6(9)4-10-7/h2-5,11H,1H3,(H,12,13). The molecule has 0 saturated heterocycles. The number of aliphatic carboxylic acids is 1. The zero-order chi connectivity index (χ0) is 12.3. The molecule has 1 aromatic rings. The van der Waals surface area contributed by atoms with E-state index in [1.165, 1.54) is 25.3 Å². The van der Waals surface area contributed by atoms with Gasteiger partial charge in [0.15, 0.2) is 5.03 Å². The molecule has 0 aromatic carbocycles. The molecule has 0 aliphatic heterocycles. The molecule has 0 amide bonds. The Morgan fingerprint density at radius 3 is 2.62 bits per heavy atom. The summed E-state index contributed by atoms with van der Waals surface area (Å²) >= 11 is 3.11. The summed E-state index contributed by atoms with van der Waals surface area (Å²) in [5, 5.41) is 8.36. The number of hydrogen-bond acceptors (Lipinski definition) is 4. The second-order valence-electron chi connectivity index (χ2n) is 3.00. The van der Waals surface area contributed by atoms with Gasteiger partial charge in [0, 0.05) is 10.7 Å². The monoisotopic (exact) mass is 308 g/mol. The molecule has 88 valence electrons. The topological polar surface area (TPSA) is 96.4 Å². The summed E-state index contributed by atoms with van der Waals surface area (Å²) in [7, 11) is -3.88. The minimum Gasteiger partial charge on any atom is -0.480 e. The van der Waals surface area contributed by atoms with Crippen molar-refractivity contribution in [3.8, 4) is 0 Å². The first kappa shape index (κ1) is 13.1. The van der Waals surface area contributed by atoms with Crippen molar-refractivity contribution in [1.82, 2.24) is 9.71 Å². The Morgan fingerprint density at radius 2 is 2.19 bits per heavy atom. The Labute approximate surface area is 101 Å². The van der Waals surface area contributed by atoms with Crippen molar-refractivity contribution in [3.63, 3.8) is 0 Å². The van der Waals surface area contributed by atoms with Crippen molar-refractivity contribution in [3.05, 3.63) is 22.8 Å². The van der Waals surface area contributed by atoms with Crippen molar-refractivity contribution in [2.24, 2.45) is 0 Å². The first-order chi connectivity index (χ1) is 7.33. The van der Waals surface area contributed by atoms with E-state index < -0.39 is 22.0 Å². The van der Waals surface area contributed by atoms with Crippen LogP contribution in [-0.4, -0.2) is 30.5 Å². The summed E-state index contributed by atoms with van der Waals surface area (Å²) in [4.78, 5) is 14.2. The molecule has 0 spiro atoms. The van der Waals surface area contributed by atoms with Gasteiger partial charge in [-0.25, -0.2) is 13.4 Å². The third kappa shape index (κ3) is 3.26. The highest BCUT2D eigenvalue weighted by Gasteiger charge is 2.22. The second-order valence-corrected chi connectivity index (χ2v) is 5.57. The average molecular weight is 309 g/mol. The molecule has 0 aliphatic rings. The molecule has 1 unspecified atom stereocenters. The number of pyridine rings is 1. The number of nitrogens with zero attached hydrogens (tertiary/aromatic N) is 1. The summed E-state index contributed by atoms with van der Waals surface area (Å²) in [6.45, 7) is 1.23. The largest absolute Gasteiger partial charge is 0.480 e. The molecule has 0 aliphatic carbocycles. The molecule has 0 saturated carbocycles. The molecule has 0 fully saturated rings. The fraction of sp³-hybridized carbons (Fsp3) is 0.250. The number of carboxylic acid groups (broad SMARTS) is 1.